The van der Waals surface area contributed by atoms with Crippen LogP contribution < -0.4 is 4.74 Å². The minimum atomic E-state index is -0.131. The van der Waals surface area contributed by atoms with Crippen molar-refractivity contribution in [2.45, 2.75) is 146 Å². The van der Waals surface area contributed by atoms with Crippen molar-refractivity contribution >= 4 is 12.3 Å². The molecule has 0 amide bonds. The summed E-state index contributed by atoms with van der Waals surface area (Å²) >= 11 is 0. The first-order chi connectivity index (χ1) is 16.7. The predicted octanol–water partition coefficient (Wildman–Crippen LogP) is 10.1. The van der Waals surface area contributed by atoms with Gasteiger partial charge in [-0.2, -0.15) is 0 Å². The third-order valence-electron chi connectivity index (χ3n) is 6.81. The summed E-state index contributed by atoms with van der Waals surface area (Å²) in [6.07, 6.45) is 6.60. The predicted molar refractivity (Wildman–Crippen MR) is 160 cm³/mol. The fraction of sp³-hybridized carbons (Fsp3) is 0.765. The Morgan fingerprint density at radius 1 is 0.811 bits per heavy atom. The Bertz CT molecular complexity index is 834. The summed E-state index contributed by atoms with van der Waals surface area (Å²) in [7, 11) is 0. The van der Waals surface area contributed by atoms with Crippen molar-refractivity contribution in [3.05, 3.63) is 29.3 Å². The van der Waals surface area contributed by atoms with E-state index in [1.807, 2.05) is 6.92 Å². The molecule has 0 saturated heterocycles. The normalized spacial score (nSPS) is 14.3. The van der Waals surface area contributed by atoms with Crippen molar-refractivity contribution in [1.82, 2.24) is 0 Å². The average Bonchev–Trinajstić information content (AvgIpc) is 2.64. The third-order valence-corrected chi connectivity index (χ3v) is 6.81. The first-order valence-electron chi connectivity index (χ1n) is 14.4. The molecular formula is C34H60O3. The van der Waals surface area contributed by atoms with Gasteiger partial charge in [-0.1, -0.05) is 102 Å². The van der Waals surface area contributed by atoms with Crippen LogP contribution in [0.1, 0.15) is 147 Å². The molecule has 214 valence electrons. The van der Waals surface area contributed by atoms with Crippen LogP contribution in [0, 0.1) is 22.7 Å². The molecule has 37 heavy (non-hydrogen) atoms. The van der Waals surface area contributed by atoms with Gasteiger partial charge in [-0.25, -0.2) is 0 Å². The van der Waals surface area contributed by atoms with Gasteiger partial charge in [0.15, 0.2) is 0 Å². The number of benzene rings is 1. The number of aldehydes is 1. The molecule has 0 fully saturated rings. The smallest absolute Gasteiger partial charge is 0.311 e. The quantitative estimate of drug-likeness (QED) is 0.167. The second-order valence-corrected chi connectivity index (χ2v) is 15.1. The maximum atomic E-state index is 12.4. The zero-order valence-corrected chi connectivity index (χ0v) is 26.9. The summed E-state index contributed by atoms with van der Waals surface area (Å²) < 4.78 is 5.93. The van der Waals surface area contributed by atoms with Crippen molar-refractivity contribution < 1.29 is 14.3 Å². The number of rotatable bonds is 11. The van der Waals surface area contributed by atoms with E-state index in [0.717, 1.165) is 31.3 Å². The van der Waals surface area contributed by atoms with E-state index in [-0.39, 0.29) is 16.8 Å². The maximum Gasteiger partial charge on any atom is 0.311 e. The topological polar surface area (TPSA) is 43.4 Å². The van der Waals surface area contributed by atoms with E-state index in [1.165, 1.54) is 30.9 Å². The highest BCUT2D eigenvalue weighted by Crippen LogP contribution is 2.43. The molecule has 3 heteroatoms. The van der Waals surface area contributed by atoms with E-state index in [9.17, 15) is 4.79 Å². The van der Waals surface area contributed by atoms with E-state index in [0.29, 0.717) is 29.1 Å². The molecule has 1 aromatic carbocycles. The van der Waals surface area contributed by atoms with E-state index >= 15 is 0 Å². The summed E-state index contributed by atoms with van der Waals surface area (Å²) in [5, 5.41) is 0. The molecular weight excluding hydrogens is 456 g/mol. The lowest BCUT2D eigenvalue weighted by molar-refractivity contribution is -0.134. The molecule has 2 atom stereocenters. The summed E-state index contributed by atoms with van der Waals surface area (Å²) in [6, 6.07) is 6.60. The van der Waals surface area contributed by atoms with Crippen molar-refractivity contribution in [3.63, 3.8) is 0 Å². The fourth-order valence-corrected chi connectivity index (χ4v) is 6.15. The second kappa shape index (κ2) is 14.5. The molecule has 0 radical (unpaired) electrons. The number of carbonyl (C=O) groups is 2. The lowest BCUT2D eigenvalue weighted by Crippen LogP contribution is -2.27. The second-order valence-electron chi connectivity index (χ2n) is 15.1. The van der Waals surface area contributed by atoms with Gasteiger partial charge < -0.3 is 9.53 Å². The molecule has 0 spiro atoms. The van der Waals surface area contributed by atoms with E-state index < -0.39 is 0 Å². The van der Waals surface area contributed by atoms with Gasteiger partial charge in [-0.3, -0.25) is 4.79 Å². The fourth-order valence-electron chi connectivity index (χ4n) is 6.15. The Balaban J connectivity index is 0.00000410. The van der Waals surface area contributed by atoms with Gasteiger partial charge in [0.2, 0.25) is 0 Å². The van der Waals surface area contributed by atoms with Gasteiger partial charge in [0.05, 0.1) is 0 Å². The molecule has 0 aliphatic carbocycles. The van der Waals surface area contributed by atoms with Crippen LogP contribution in [0.15, 0.2) is 18.2 Å². The van der Waals surface area contributed by atoms with Crippen molar-refractivity contribution in [3.8, 4) is 5.75 Å². The molecule has 0 N–H and O–H groups in total. The lowest BCUT2D eigenvalue weighted by atomic mass is 9.70. The summed E-state index contributed by atoms with van der Waals surface area (Å²) in [5.41, 5.74) is 3.12. The minimum Gasteiger partial charge on any atom is -0.426 e. The number of ether oxygens (including phenoxy) is 1. The number of hydrogen-bond donors (Lipinski definition) is 0. The van der Waals surface area contributed by atoms with Crippen LogP contribution in [0.2, 0.25) is 0 Å². The van der Waals surface area contributed by atoms with Crippen LogP contribution in [0.3, 0.4) is 0 Å². The zero-order chi connectivity index (χ0) is 29.2. The standard InChI is InChI=1S/C32H56O2.C2H4O/c1-14-15-28(33)34-27-17-16-25(31(10,11)21-23(2)19-29(4,5)6)18-26(27)32(12,13)22-24(3)20-30(7,8)9;1-2-3/h16-18,23-24H,14-15,19-22H2,1-13H3;2H,1H3. The van der Waals surface area contributed by atoms with Crippen LogP contribution >= 0.6 is 0 Å². The van der Waals surface area contributed by atoms with Gasteiger partial charge in [0, 0.05) is 12.0 Å². The molecule has 0 aliphatic rings. The SMILES string of the molecule is CC=O.CCCC(=O)Oc1ccc(C(C)(C)CC(C)CC(C)(C)C)cc1C(C)(C)CC(C)CC(C)(C)C. The number of esters is 1. The van der Waals surface area contributed by atoms with Gasteiger partial charge in [0.25, 0.3) is 0 Å². The molecule has 1 aromatic rings. The largest absolute Gasteiger partial charge is 0.426 e. The van der Waals surface area contributed by atoms with E-state index in [1.54, 1.807) is 0 Å². The van der Waals surface area contributed by atoms with Gasteiger partial charge in [-0.05, 0) is 84.2 Å². The number of carbonyl (C=O) groups excluding carboxylic acids is 2. The van der Waals surface area contributed by atoms with E-state index in [4.69, 9.17) is 9.53 Å². The van der Waals surface area contributed by atoms with Crippen LogP contribution in [0.4, 0.5) is 0 Å². The maximum absolute atomic E-state index is 12.4. The molecule has 0 aromatic heterocycles. The van der Waals surface area contributed by atoms with Crippen LogP contribution in [-0.2, 0) is 20.4 Å². The van der Waals surface area contributed by atoms with Gasteiger partial charge >= 0.3 is 5.97 Å². The molecule has 0 heterocycles. The van der Waals surface area contributed by atoms with E-state index in [2.05, 4.69) is 101 Å². The highest BCUT2D eigenvalue weighted by Gasteiger charge is 2.32. The first-order valence-corrected chi connectivity index (χ1v) is 14.4. The summed E-state index contributed by atoms with van der Waals surface area (Å²) in [6.45, 7) is 31.5. The highest BCUT2D eigenvalue weighted by molar-refractivity contribution is 5.73. The monoisotopic (exact) mass is 516 g/mol. The van der Waals surface area contributed by atoms with Crippen LogP contribution in [0.25, 0.3) is 0 Å². The lowest BCUT2D eigenvalue weighted by Gasteiger charge is -2.35. The Kier molecular flexibility index (Phi) is 13.9. The minimum absolute atomic E-state index is 0.0540. The summed E-state index contributed by atoms with van der Waals surface area (Å²) in [4.78, 5) is 21.2. The van der Waals surface area contributed by atoms with Gasteiger partial charge in [0.1, 0.15) is 12.0 Å². The molecule has 1 rings (SSSR count). The molecule has 2 unspecified atom stereocenters. The van der Waals surface area contributed by atoms with Crippen LogP contribution in [0.5, 0.6) is 5.75 Å². The Hall–Kier alpha value is -1.64. The molecule has 3 nitrogen and oxygen atoms in total. The third kappa shape index (κ3) is 14.2. The Morgan fingerprint density at radius 2 is 1.24 bits per heavy atom. The Labute approximate surface area is 230 Å². The Morgan fingerprint density at radius 3 is 1.65 bits per heavy atom. The average molecular weight is 517 g/mol. The van der Waals surface area contributed by atoms with Crippen molar-refractivity contribution in [2.24, 2.45) is 22.7 Å². The molecule has 0 aliphatic heterocycles. The molecule has 0 bridgehead atoms. The number of hydrogen-bond acceptors (Lipinski definition) is 3. The van der Waals surface area contributed by atoms with Crippen molar-refractivity contribution in [2.75, 3.05) is 0 Å². The van der Waals surface area contributed by atoms with Crippen molar-refractivity contribution in [1.29, 1.82) is 0 Å². The zero-order valence-electron chi connectivity index (χ0n) is 26.9. The first kappa shape index (κ1) is 35.4. The summed E-state index contributed by atoms with van der Waals surface area (Å²) in [5.74, 6) is 1.83. The molecule has 0 saturated carbocycles. The van der Waals surface area contributed by atoms with Gasteiger partial charge in [-0.15, -0.1) is 0 Å². The van der Waals surface area contributed by atoms with Crippen LogP contribution in [-0.4, -0.2) is 12.3 Å². The highest BCUT2D eigenvalue weighted by atomic mass is 16.5.